The standard InChI is InChI=1S/C24H22N2O4S/c1-17-6-2-3-8-19(17)16-26-22-11-10-21(14-23(22)30-24(26)27)31(28,29)25-13-12-18-7-4-5-9-20(18)15-25/h2-11,14H,12-13,15-16H2,1H3. The smallest absolute Gasteiger partial charge is 0.408 e. The van der Waals surface area contributed by atoms with Crippen molar-refractivity contribution < 1.29 is 12.8 Å². The Hall–Kier alpha value is -3.16. The maximum Gasteiger partial charge on any atom is 0.420 e. The second-order valence-electron chi connectivity index (χ2n) is 7.87. The van der Waals surface area contributed by atoms with Gasteiger partial charge in [-0.15, -0.1) is 0 Å². The summed E-state index contributed by atoms with van der Waals surface area (Å²) < 4.78 is 35.0. The molecule has 0 amide bonds. The fourth-order valence-corrected chi connectivity index (χ4v) is 5.57. The third kappa shape index (κ3) is 3.49. The van der Waals surface area contributed by atoms with Crippen LogP contribution in [0.3, 0.4) is 0 Å². The van der Waals surface area contributed by atoms with Gasteiger partial charge in [-0.3, -0.25) is 4.57 Å². The molecule has 1 aliphatic heterocycles. The summed E-state index contributed by atoms with van der Waals surface area (Å²) in [6.07, 6.45) is 0.680. The van der Waals surface area contributed by atoms with Crippen molar-refractivity contribution in [2.75, 3.05) is 6.54 Å². The average Bonchev–Trinajstić information content (AvgIpc) is 3.09. The van der Waals surface area contributed by atoms with Crippen LogP contribution in [0.25, 0.3) is 11.1 Å². The number of aryl methyl sites for hydroxylation is 1. The number of sulfonamides is 1. The molecule has 0 N–H and O–H groups in total. The Morgan fingerprint density at radius 2 is 1.71 bits per heavy atom. The summed E-state index contributed by atoms with van der Waals surface area (Å²) in [4.78, 5) is 12.6. The van der Waals surface area contributed by atoms with E-state index < -0.39 is 15.8 Å². The second kappa shape index (κ2) is 7.51. The molecule has 7 heteroatoms. The Balaban J connectivity index is 1.49. The molecule has 1 aromatic heterocycles. The largest absolute Gasteiger partial charge is 0.420 e. The Labute approximate surface area is 180 Å². The van der Waals surface area contributed by atoms with Gasteiger partial charge in [0.1, 0.15) is 0 Å². The summed E-state index contributed by atoms with van der Waals surface area (Å²) in [6.45, 7) is 3.13. The Bertz CT molecular complexity index is 1450. The minimum Gasteiger partial charge on any atom is -0.408 e. The topological polar surface area (TPSA) is 72.5 Å². The highest BCUT2D eigenvalue weighted by molar-refractivity contribution is 7.89. The van der Waals surface area contributed by atoms with Gasteiger partial charge in [-0.25, -0.2) is 13.2 Å². The zero-order chi connectivity index (χ0) is 21.6. The van der Waals surface area contributed by atoms with Crippen molar-refractivity contribution in [2.45, 2.75) is 31.3 Å². The zero-order valence-corrected chi connectivity index (χ0v) is 17.9. The highest BCUT2D eigenvalue weighted by atomic mass is 32.2. The van der Waals surface area contributed by atoms with Crippen molar-refractivity contribution in [1.82, 2.24) is 8.87 Å². The molecule has 0 saturated heterocycles. The molecule has 2 heterocycles. The monoisotopic (exact) mass is 434 g/mol. The van der Waals surface area contributed by atoms with Gasteiger partial charge < -0.3 is 4.42 Å². The number of aromatic nitrogens is 1. The molecule has 31 heavy (non-hydrogen) atoms. The van der Waals surface area contributed by atoms with E-state index in [1.165, 1.54) is 20.5 Å². The van der Waals surface area contributed by atoms with Crippen molar-refractivity contribution in [3.8, 4) is 0 Å². The molecule has 0 aliphatic carbocycles. The first kappa shape index (κ1) is 19.8. The lowest BCUT2D eigenvalue weighted by Crippen LogP contribution is -2.35. The number of benzene rings is 3. The number of hydrogen-bond acceptors (Lipinski definition) is 4. The summed E-state index contributed by atoms with van der Waals surface area (Å²) >= 11 is 0. The van der Waals surface area contributed by atoms with Gasteiger partial charge in [-0.1, -0.05) is 48.5 Å². The van der Waals surface area contributed by atoms with Crippen LogP contribution in [0.2, 0.25) is 0 Å². The van der Waals surface area contributed by atoms with Crippen LogP contribution in [0.4, 0.5) is 0 Å². The SMILES string of the molecule is Cc1ccccc1Cn1c(=O)oc2cc(S(=O)(=O)N3CCc4ccccc4C3)ccc21. The van der Waals surface area contributed by atoms with Crippen LogP contribution >= 0.6 is 0 Å². The molecular weight excluding hydrogens is 412 g/mol. The molecule has 0 atom stereocenters. The van der Waals surface area contributed by atoms with Crippen LogP contribution in [0.15, 0.2) is 80.8 Å². The average molecular weight is 435 g/mol. The fourth-order valence-electron chi connectivity index (χ4n) is 4.14. The van der Waals surface area contributed by atoms with E-state index in [1.807, 2.05) is 55.5 Å². The fraction of sp³-hybridized carbons (Fsp3) is 0.208. The third-order valence-electron chi connectivity index (χ3n) is 5.96. The number of oxazole rings is 1. The quantitative estimate of drug-likeness (QED) is 0.491. The van der Waals surface area contributed by atoms with Gasteiger partial charge in [0, 0.05) is 19.2 Å². The lowest BCUT2D eigenvalue weighted by atomic mass is 10.0. The van der Waals surface area contributed by atoms with Crippen molar-refractivity contribution in [3.05, 3.63) is 99.5 Å². The second-order valence-corrected chi connectivity index (χ2v) is 9.81. The van der Waals surface area contributed by atoms with Gasteiger partial charge >= 0.3 is 5.76 Å². The van der Waals surface area contributed by atoms with Gasteiger partial charge in [0.25, 0.3) is 0 Å². The minimum absolute atomic E-state index is 0.135. The van der Waals surface area contributed by atoms with Crippen LogP contribution in [-0.2, 0) is 29.5 Å². The Kier molecular flexibility index (Phi) is 4.79. The predicted molar refractivity (Wildman–Crippen MR) is 118 cm³/mol. The predicted octanol–water partition coefficient (Wildman–Crippen LogP) is 3.70. The van der Waals surface area contributed by atoms with Gasteiger partial charge in [-0.05, 0) is 47.7 Å². The third-order valence-corrected chi connectivity index (χ3v) is 7.80. The molecule has 0 bridgehead atoms. The summed E-state index contributed by atoms with van der Waals surface area (Å²) in [5.41, 5.74) is 5.15. The van der Waals surface area contributed by atoms with Crippen LogP contribution in [0.5, 0.6) is 0 Å². The lowest BCUT2D eigenvalue weighted by molar-refractivity contribution is 0.391. The normalized spacial score (nSPS) is 14.6. The molecule has 4 aromatic rings. The van der Waals surface area contributed by atoms with Gasteiger partial charge in [0.05, 0.1) is 17.0 Å². The summed E-state index contributed by atoms with van der Waals surface area (Å²) in [6, 6.07) is 20.4. The number of rotatable bonds is 4. The zero-order valence-electron chi connectivity index (χ0n) is 17.1. The lowest BCUT2D eigenvalue weighted by Gasteiger charge is -2.28. The molecule has 0 saturated carbocycles. The Morgan fingerprint density at radius 1 is 0.968 bits per heavy atom. The first-order valence-corrected chi connectivity index (χ1v) is 11.6. The van der Waals surface area contributed by atoms with E-state index in [1.54, 1.807) is 12.1 Å². The Morgan fingerprint density at radius 3 is 2.52 bits per heavy atom. The van der Waals surface area contributed by atoms with Crippen molar-refractivity contribution in [3.63, 3.8) is 0 Å². The van der Waals surface area contributed by atoms with E-state index >= 15 is 0 Å². The minimum atomic E-state index is -3.70. The molecular formula is C24H22N2O4S. The van der Waals surface area contributed by atoms with E-state index in [0.29, 0.717) is 31.6 Å². The molecule has 0 fully saturated rings. The number of nitrogens with zero attached hydrogens (tertiary/aromatic N) is 2. The van der Waals surface area contributed by atoms with E-state index in [4.69, 9.17) is 4.42 Å². The van der Waals surface area contributed by atoms with Crippen molar-refractivity contribution >= 4 is 21.1 Å². The maximum atomic E-state index is 13.3. The molecule has 3 aromatic carbocycles. The first-order chi connectivity index (χ1) is 14.9. The summed E-state index contributed by atoms with van der Waals surface area (Å²) in [5, 5.41) is 0. The van der Waals surface area contributed by atoms with E-state index in [9.17, 15) is 13.2 Å². The molecule has 1 aliphatic rings. The maximum absolute atomic E-state index is 13.3. The van der Waals surface area contributed by atoms with E-state index in [0.717, 1.165) is 16.7 Å². The summed E-state index contributed by atoms with van der Waals surface area (Å²) in [7, 11) is -3.70. The summed E-state index contributed by atoms with van der Waals surface area (Å²) in [5.74, 6) is -0.500. The first-order valence-electron chi connectivity index (χ1n) is 10.2. The van der Waals surface area contributed by atoms with Crippen LogP contribution in [0, 0.1) is 6.92 Å². The molecule has 5 rings (SSSR count). The molecule has 0 spiro atoms. The van der Waals surface area contributed by atoms with Crippen LogP contribution in [-0.4, -0.2) is 23.8 Å². The van der Waals surface area contributed by atoms with Gasteiger partial charge in [0.2, 0.25) is 10.0 Å². The van der Waals surface area contributed by atoms with Crippen LogP contribution < -0.4 is 5.76 Å². The van der Waals surface area contributed by atoms with Gasteiger partial charge in [-0.2, -0.15) is 4.31 Å². The van der Waals surface area contributed by atoms with Gasteiger partial charge in [0.15, 0.2) is 5.58 Å². The van der Waals surface area contributed by atoms with Crippen molar-refractivity contribution in [2.24, 2.45) is 0 Å². The number of hydrogen-bond donors (Lipinski definition) is 0. The highest BCUT2D eigenvalue weighted by Crippen LogP contribution is 2.27. The van der Waals surface area contributed by atoms with Crippen LogP contribution in [0.1, 0.15) is 22.3 Å². The van der Waals surface area contributed by atoms with E-state index in [-0.39, 0.29) is 10.5 Å². The number of fused-ring (bicyclic) bond motifs is 2. The van der Waals surface area contributed by atoms with Crippen molar-refractivity contribution in [1.29, 1.82) is 0 Å². The molecule has 6 nitrogen and oxygen atoms in total. The molecule has 0 unspecified atom stereocenters. The highest BCUT2D eigenvalue weighted by Gasteiger charge is 2.29. The molecule has 158 valence electrons. The van der Waals surface area contributed by atoms with E-state index in [2.05, 4.69) is 0 Å². The molecule has 0 radical (unpaired) electrons.